The molecule has 13 heavy (non-hydrogen) atoms. The maximum atomic E-state index is 11.2. The van der Waals surface area contributed by atoms with Crippen LogP contribution in [0.3, 0.4) is 0 Å². The van der Waals surface area contributed by atoms with Gasteiger partial charge in [0.1, 0.15) is 5.57 Å². The molecule has 0 unspecified atom stereocenters. The molecule has 2 amide bonds. The number of allylic oxidation sites excluding steroid dienone is 1. The molecule has 1 aliphatic rings. The van der Waals surface area contributed by atoms with Crippen LogP contribution in [0.1, 0.15) is 13.8 Å². The van der Waals surface area contributed by atoms with Gasteiger partial charge in [0.25, 0.3) is 11.8 Å². The Kier molecular flexibility index (Phi) is 2.77. The first kappa shape index (κ1) is 9.85. The lowest BCUT2D eigenvalue weighted by atomic mass is 10.1. The van der Waals surface area contributed by atoms with Crippen molar-refractivity contribution in [3.63, 3.8) is 0 Å². The summed E-state index contributed by atoms with van der Waals surface area (Å²) >= 11 is 4.64. The van der Waals surface area contributed by atoms with Gasteiger partial charge >= 0.3 is 0 Å². The number of carbonyl (C=O) groups excluding carboxylic acids is 2. The quantitative estimate of drug-likeness (QED) is 0.357. The average molecular weight is 198 g/mol. The van der Waals surface area contributed by atoms with E-state index in [0.717, 1.165) is 0 Å². The second-order valence-electron chi connectivity index (χ2n) is 3.06. The molecule has 0 aliphatic carbocycles. The van der Waals surface area contributed by atoms with Gasteiger partial charge in [-0.3, -0.25) is 20.2 Å². The molecule has 1 aliphatic heterocycles. The predicted molar refractivity (Wildman–Crippen MR) is 51.8 cm³/mol. The van der Waals surface area contributed by atoms with Gasteiger partial charge in [0, 0.05) is 0 Å². The second kappa shape index (κ2) is 3.66. The monoisotopic (exact) mass is 198 g/mol. The summed E-state index contributed by atoms with van der Waals surface area (Å²) in [5, 5.41) is 4.78. The standard InChI is InChI=1S/C8H10N2O2S/c1-4(2)3-5-6(11)9-8(13)10-7(5)12/h3-4H,1-2H3,(H2,9,10,11,12,13). The molecule has 0 bridgehead atoms. The topological polar surface area (TPSA) is 58.2 Å². The summed E-state index contributed by atoms with van der Waals surface area (Å²) in [5.41, 5.74) is 0.128. The third-order valence-electron chi connectivity index (χ3n) is 1.44. The van der Waals surface area contributed by atoms with Crippen LogP contribution in [0, 0.1) is 5.92 Å². The lowest BCUT2D eigenvalue weighted by molar-refractivity contribution is -0.123. The first-order valence-corrected chi connectivity index (χ1v) is 4.30. The highest BCUT2D eigenvalue weighted by atomic mass is 32.1. The van der Waals surface area contributed by atoms with Crippen LogP contribution in [0.25, 0.3) is 0 Å². The van der Waals surface area contributed by atoms with Crippen molar-refractivity contribution in [2.75, 3.05) is 0 Å². The smallest absolute Gasteiger partial charge is 0.262 e. The SMILES string of the molecule is CC(C)C=C1C(=O)NC(=S)NC1=O. The third-order valence-corrected chi connectivity index (χ3v) is 1.65. The van der Waals surface area contributed by atoms with E-state index in [-0.39, 0.29) is 16.6 Å². The molecular weight excluding hydrogens is 188 g/mol. The van der Waals surface area contributed by atoms with E-state index in [0.29, 0.717) is 0 Å². The predicted octanol–water partition coefficient (Wildman–Crippen LogP) is 0.0997. The molecule has 0 aromatic heterocycles. The van der Waals surface area contributed by atoms with Gasteiger partial charge in [0.2, 0.25) is 0 Å². The Bertz CT molecular complexity index is 285. The van der Waals surface area contributed by atoms with Crippen LogP contribution in [0.2, 0.25) is 0 Å². The number of rotatable bonds is 1. The van der Waals surface area contributed by atoms with E-state index in [1.54, 1.807) is 6.08 Å². The molecular formula is C8H10N2O2S. The summed E-state index contributed by atoms with van der Waals surface area (Å²) in [6, 6.07) is 0. The van der Waals surface area contributed by atoms with E-state index in [9.17, 15) is 9.59 Å². The van der Waals surface area contributed by atoms with Gasteiger partial charge < -0.3 is 0 Å². The lowest BCUT2D eigenvalue weighted by Gasteiger charge is -2.16. The van der Waals surface area contributed by atoms with Crippen LogP contribution in [0.5, 0.6) is 0 Å². The number of thiocarbonyl (C=S) groups is 1. The molecule has 1 fully saturated rings. The molecule has 5 heteroatoms. The average Bonchev–Trinajstić information content (AvgIpc) is 1.96. The zero-order valence-corrected chi connectivity index (χ0v) is 8.20. The number of hydrogen-bond donors (Lipinski definition) is 2. The molecule has 1 rings (SSSR count). The van der Waals surface area contributed by atoms with Crippen molar-refractivity contribution in [2.24, 2.45) is 5.92 Å². The van der Waals surface area contributed by atoms with Crippen LogP contribution < -0.4 is 10.6 Å². The summed E-state index contributed by atoms with van der Waals surface area (Å²) in [6.45, 7) is 3.78. The minimum absolute atomic E-state index is 0.0657. The number of hydrogen-bond acceptors (Lipinski definition) is 3. The Morgan fingerprint density at radius 1 is 1.23 bits per heavy atom. The molecule has 0 radical (unpaired) electrons. The fourth-order valence-corrected chi connectivity index (χ4v) is 1.15. The number of amides is 2. The molecule has 0 atom stereocenters. The van der Waals surface area contributed by atoms with Crippen molar-refractivity contribution < 1.29 is 9.59 Å². The highest BCUT2D eigenvalue weighted by molar-refractivity contribution is 7.80. The summed E-state index contributed by atoms with van der Waals surface area (Å²) < 4.78 is 0. The summed E-state index contributed by atoms with van der Waals surface area (Å²) in [5.74, 6) is -0.705. The molecule has 0 spiro atoms. The zero-order chi connectivity index (χ0) is 10.0. The van der Waals surface area contributed by atoms with E-state index < -0.39 is 11.8 Å². The van der Waals surface area contributed by atoms with Gasteiger partial charge in [-0.25, -0.2) is 0 Å². The van der Waals surface area contributed by atoms with Crippen molar-refractivity contribution in [1.82, 2.24) is 10.6 Å². The molecule has 70 valence electrons. The minimum atomic E-state index is -0.428. The molecule has 1 heterocycles. The van der Waals surface area contributed by atoms with Crippen LogP contribution in [0.15, 0.2) is 11.6 Å². The third kappa shape index (κ3) is 2.35. The highest BCUT2D eigenvalue weighted by Gasteiger charge is 2.25. The van der Waals surface area contributed by atoms with Crippen LogP contribution in [0.4, 0.5) is 0 Å². The van der Waals surface area contributed by atoms with Gasteiger partial charge in [-0.15, -0.1) is 0 Å². The Morgan fingerprint density at radius 2 is 1.69 bits per heavy atom. The summed E-state index contributed by atoms with van der Waals surface area (Å²) in [7, 11) is 0. The molecule has 0 aromatic carbocycles. The summed E-state index contributed by atoms with van der Waals surface area (Å²) in [6.07, 6.45) is 1.60. The fraction of sp³-hybridized carbons (Fsp3) is 0.375. The fourth-order valence-electron chi connectivity index (χ4n) is 0.960. The van der Waals surface area contributed by atoms with Crippen LogP contribution in [-0.4, -0.2) is 16.9 Å². The Hall–Kier alpha value is -1.23. The van der Waals surface area contributed by atoms with E-state index in [1.807, 2.05) is 13.8 Å². The van der Waals surface area contributed by atoms with Crippen LogP contribution >= 0.6 is 12.2 Å². The van der Waals surface area contributed by atoms with E-state index in [4.69, 9.17) is 0 Å². The van der Waals surface area contributed by atoms with Crippen molar-refractivity contribution in [2.45, 2.75) is 13.8 Å². The van der Waals surface area contributed by atoms with Crippen molar-refractivity contribution in [1.29, 1.82) is 0 Å². The Morgan fingerprint density at radius 3 is 2.08 bits per heavy atom. The summed E-state index contributed by atoms with van der Waals surface area (Å²) in [4.78, 5) is 22.4. The van der Waals surface area contributed by atoms with Gasteiger partial charge in [-0.2, -0.15) is 0 Å². The van der Waals surface area contributed by atoms with Crippen molar-refractivity contribution in [3.8, 4) is 0 Å². The Balaban J connectivity index is 2.91. The first-order valence-electron chi connectivity index (χ1n) is 3.89. The van der Waals surface area contributed by atoms with Gasteiger partial charge in [0.05, 0.1) is 0 Å². The van der Waals surface area contributed by atoms with E-state index in [2.05, 4.69) is 22.9 Å². The maximum absolute atomic E-state index is 11.2. The number of nitrogens with one attached hydrogen (secondary N) is 2. The van der Waals surface area contributed by atoms with Gasteiger partial charge in [-0.05, 0) is 18.1 Å². The first-order chi connectivity index (χ1) is 6.00. The lowest BCUT2D eigenvalue weighted by Crippen LogP contribution is -2.51. The molecule has 0 aromatic rings. The molecule has 4 nitrogen and oxygen atoms in total. The maximum Gasteiger partial charge on any atom is 0.262 e. The molecule has 2 N–H and O–H groups in total. The number of carbonyl (C=O) groups is 2. The van der Waals surface area contributed by atoms with Crippen molar-refractivity contribution in [3.05, 3.63) is 11.6 Å². The Labute approximate surface area is 81.4 Å². The van der Waals surface area contributed by atoms with Crippen molar-refractivity contribution >= 4 is 29.1 Å². The normalized spacial score (nSPS) is 17.2. The highest BCUT2D eigenvalue weighted by Crippen LogP contribution is 2.05. The minimum Gasteiger partial charge on any atom is -0.299 e. The van der Waals surface area contributed by atoms with Gasteiger partial charge in [0.15, 0.2) is 5.11 Å². The van der Waals surface area contributed by atoms with Gasteiger partial charge in [-0.1, -0.05) is 19.9 Å². The largest absolute Gasteiger partial charge is 0.299 e. The van der Waals surface area contributed by atoms with E-state index >= 15 is 0 Å². The molecule has 1 saturated heterocycles. The van der Waals surface area contributed by atoms with Crippen LogP contribution in [-0.2, 0) is 9.59 Å². The zero-order valence-electron chi connectivity index (χ0n) is 7.38. The second-order valence-corrected chi connectivity index (χ2v) is 3.47. The molecule has 0 saturated carbocycles. The van der Waals surface area contributed by atoms with E-state index in [1.165, 1.54) is 0 Å².